The van der Waals surface area contributed by atoms with Gasteiger partial charge in [0, 0.05) is 33.4 Å². The molecule has 0 saturated carbocycles. The van der Waals surface area contributed by atoms with Gasteiger partial charge < -0.3 is 9.47 Å². The molecule has 1 aliphatic rings. The molecule has 10 aromatic rings. The Labute approximate surface area is 339 Å². The fourth-order valence-electron chi connectivity index (χ4n) is 9.01. The van der Waals surface area contributed by atoms with Crippen LogP contribution in [-0.4, -0.2) is 4.57 Å². The Morgan fingerprint density at radius 1 is 0.397 bits per heavy atom. The SMILES string of the molecule is C1=C(c2ccc(-c3ccc4ccccc4c3)cc2N(c2ccc(-c3ccccc3)cc2)c2cccc(-n3c4ccccc4c4ccccc43)c2)CCc2ccccc21. The molecule has 1 heterocycles. The third-order valence-electron chi connectivity index (χ3n) is 11.9. The second kappa shape index (κ2) is 14.3. The summed E-state index contributed by atoms with van der Waals surface area (Å²) in [5, 5.41) is 5.00. The number of hydrogen-bond donors (Lipinski definition) is 0. The first-order valence-electron chi connectivity index (χ1n) is 20.2. The van der Waals surface area contributed by atoms with Crippen molar-refractivity contribution >= 4 is 61.3 Å². The van der Waals surface area contributed by atoms with E-state index in [1.165, 1.54) is 77.1 Å². The van der Waals surface area contributed by atoms with Gasteiger partial charge in [0.1, 0.15) is 0 Å². The van der Waals surface area contributed by atoms with Gasteiger partial charge in [0.25, 0.3) is 0 Å². The molecule has 0 amide bonds. The third kappa shape index (κ3) is 5.98. The maximum atomic E-state index is 2.48. The number of fused-ring (bicyclic) bond motifs is 5. The molecule has 0 aliphatic heterocycles. The molecule has 58 heavy (non-hydrogen) atoms. The summed E-state index contributed by atoms with van der Waals surface area (Å²) in [6.07, 6.45) is 4.41. The molecule has 1 aromatic heterocycles. The van der Waals surface area contributed by atoms with Gasteiger partial charge in [0.05, 0.1) is 16.7 Å². The van der Waals surface area contributed by atoms with E-state index in [-0.39, 0.29) is 0 Å². The Bertz CT molecular complexity index is 3110. The molecule has 2 nitrogen and oxygen atoms in total. The van der Waals surface area contributed by atoms with Gasteiger partial charge in [-0.2, -0.15) is 0 Å². The number of hydrogen-bond acceptors (Lipinski definition) is 1. The molecule has 2 heteroatoms. The molecule has 9 aromatic carbocycles. The van der Waals surface area contributed by atoms with Crippen LogP contribution in [0.3, 0.4) is 0 Å². The van der Waals surface area contributed by atoms with Crippen LogP contribution < -0.4 is 4.90 Å². The highest BCUT2D eigenvalue weighted by molar-refractivity contribution is 6.09. The smallest absolute Gasteiger partial charge is 0.0542 e. The highest BCUT2D eigenvalue weighted by atomic mass is 15.1. The molecule has 0 N–H and O–H groups in total. The van der Waals surface area contributed by atoms with E-state index < -0.39 is 0 Å². The van der Waals surface area contributed by atoms with Gasteiger partial charge in [-0.1, -0.05) is 164 Å². The number of benzene rings is 9. The van der Waals surface area contributed by atoms with Crippen LogP contribution in [-0.2, 0) is 6.42 Å². The van der Waals surface area contributed by atoms with Crippen LogP contribution >= 0.6 is 0 Å². The van der Waals surface area contributed by atoms with Crippen molar-refractivity contribution in [1.82, 2.24) is 4.57 Å². The number of aryl methyl sites for hydroxylation is 1. The number of rotatable bonds is 7. The average Bonchev–Trinajstić information content (AvgIpc) is 3.64. The summed E-state index contributed by atoms with van der Waals surface area (Å²) in [4.78, 5) is 2.48. The Morgan fingerprint density at radius 3 is 1.84 bits per heavy atom. The lowest BCUT2D eigenvalue weighted by Crippen LogP contribution is -2.13. The number of anilines is 3. The summed E-state index contributed by atoms with van der Waals surface area (Å²) in [6, 6.07) is 77.7. The molecule has 0 fully saturated rings. The number of allylic oxidation sites excluding steroid dienone is 1. The van der Waals surface area contributed by atoms with Gasteiger partial charge in [0.15, 0.2) is 0 Å². The van der Waals surface area contributed by atoms with Crippen LogP contribution in [0.4, 0.5) is 17.1 Å². The minimum atomic E-state index is 0.974. The Morgan fingerprint density at radius 2 is 1.03 bits per heavy atom. The molecule has 0 saturated heterocycles. The van der Waals surface area contributed by atoms with E-state index in [1.807, 2.05) is 0 Å². The molecule has 274 valence electrons. The number of para-hydroxylation sites is 2. The maximum Gasteiger partial charge on any atom is 0.0542 e. The van der Waals surface area contributed by atoms with Crippen LogP contribution in [0.2, 0.25) is 0 Å². The summed E-state index contributed by atoms with van der Waals surface area (Å²) in [5.41, 5.74) is 17.0. The first kappa shape index (κ1) is 33.9. The molecule has 0 spiro atoms. The molecular weight excluding hydrogens is 701 g/mol. The van der Waals surface area contributed by atoms with Crippen molar-refractivity contribution in [3.8, 4) is 27.9 Å². The van der Waals surface area contributed by atoms with E-state index in [1.54, 1.807) is 0 Å². The highest BCUT2D eigenvalue weighted by Gasteiger charge is 2.23. The Hall–Kier alpha value is -7.42. The lowest BCUT2D eigenvalue weighted by molar-refractivity contribution is 1.000. The Kier molecular flexibility index (Phi) is 8.33. The molecule has 0 unspecified atom stereocenters. The van der Waals surface area contributed by atoms with Crippen LogP contribution in [0.25, 0.3) is 72.2 Å². The van der Waals surface area contributed by atoms with Crippen LogP contribution in [0.15, 0.2) is 212 Å². The van der Waals surface area contributed by atoms with Crippen LogP contribution in [0.5, 0.6) is 0 Å². The van der Waals surface area contributed by atoms with Gasteiger partial charge in [-0.25, -0.2) is 0 Å². The normalized spacial score (nSPS) is 12.4. The minimum absolute atomic E-state index is 0.974. The lowest BCUT2D eigenvalue weighted by Gasteiger charge is -2.30. The fraction of sp³-hybridized carbons (Fsp3) is 0.0357. The summed E-state index contributed by atoms with van der Waals surface area (Å²) in [6.45, 7) is 0. The molecule has 1 aliphatic carbocycles. The first-order chi connectivity index (χ1) is 28.7. The van der Waals surface area contributed by atoms with E-state index in [2.05, 4.69) is 228 Å². The minimum Gasteiger partial charge on any atom is -0.310 e. The predicted molar refractivity (Wildman–Crippen MR) is 246 cm³/mol. The zero-order valence-electron chi connectivity index (χ0n) is 32.1. The lowest BCUT2D eigenvalue weighted by atomic mass is 9.87. The standard InChI is InChI=1S/C56H40N2/c1-2-13-39(14-3-1)42-29-32-48(33-30-42)57(49-19-12-20-50(38-49)58-54-23-10-8-21-52(54)53-22-9-11-24-55(53)58)56-37-46(45-27-25-40-15-4-6-17-43(40)35-45)31-34-51(56)47-28-26-41-16-5-7-18-44(41)36-47/h1-25,27,29-38H,26,28H2. The summed E-state index contributed by atoms with van der Waals surface area (Å²) >= 11 is 0. The van der Waals surface area contributed by atoms with E-state index in [9.17, 15) is 0 Å². The van der Waals surface area contributed by atoms with Gasteiger partial charge in [0.2, 0.25) is 0 Å². The molecule has 0 bridgehead atoms. The number of aromatic nitrogens is 1. The molecule has 0 atom stereocenters. The highest BCUT2D eigenvalue weighted by Crippen LogP contribution is 2.45. The largest absolute Gasteiger partial charge is 0.310 e. The average molecular weight is 741 g/mol. The summed E-state index contributed by atoms with van der Waals surface area (Å²) in [7, 11) is 0. The third-order valence-corrected chi connectivity index (χ3v) is 11.9. The summed E-state index contributed by atoms with van der Waals surface area (Å²) in [5.74, 6) is 0. The van der Waals surface area contributed by atoms with Crippen molar-refractivity contribution < 1.29 is 0 Å². The van der Waals surface area contributed by atoms with Gasteiger partial charge in [-0.3, -0.25) is 0 Å². The molecule has 0 radical (unpaired) electrons. The van der Waals surface area contributed by atoms with Gasteiger partial charge in [-0.05, 0) is 117 Å². The van der Waals surface area contributed by atoms with E-state index in [0.717, 1.165) is 35.6 Å². The molecular formula is C56H40N2. The zero-order valence-corrected chi connectivity index (χ0v) is 32.1. The van der Waals surface area contributed by atoms with Gasteiger partial charge in [-0.15, -0.1) is 0 Å². The second-order valence-electron chi connectivity index (χ2n) is 15.3. The van der Waals surface area contributed by atoms with Crippen LogP contribution in [0.1, 0.15) is 23.1 Å². The topological polar surface area (TPSA) is 8.17 Å². The van der Waals surface area contributed by atoms with Crippen molar-refractivity contribution in [2.75, 3.05) is 4.90 Å². The second-order valence-corrected chi connectivity index (χ2v) is 15.3. The van der Waals surface area contributed by atoms with Crippen molar-refractivity contribution in [2.24, 2.45) is 0 Å². The predicted octanol–water partition coefficient (Wildman–Crippen LogP) is 15.2. The monoisotopic (exact) mass is 740 g/mol. The first-order valence-corrected chi connectivity index (χ1v) is 20.2. The number of nitrogens with zero attached hydrogens (tertiary/aromatic N) is 2. The maximum absolute atomic E-state index is 2.48. The van der Waals surface area contributed by atoms with E-state index in [0.29, 0.717) is 0 Å². The molecule has 11 rings (SSSR count). The Balaban J connectivity index is 1.15. The van der Waals surface area contributed by atoms with Crippen LogP contribution in [0, 0.1) is 0 Å². The zero-order chi connectivity index (χ0) is 38.4. The van der Waals surface area contributed by atoms with Crippen molar-refractivity contribution in [3.05, 3.63) is 229 Å². The van der Waals surface area contributed by atoms with Crippen molar-refractivity contribution in [3.63, 3.8) is 0 Å². The van der Waals surface area contributed by atoms with Crippen molar-refractivity contribution in [1.29, 1.82) is 0 Å². The quantitative estimate of drug-likeness (QED) is 0.158. The van der Waals surface area contributed by atoms with Crippen molar-refractivity contribution in [2.45, 2.75) is 12.8 Å². The van der Waals surface area contributed by atoms with Gasteiger partial charge >= 0.3 is 0 Å². The van der Waals surface area contributed by atoms with E-state index in [4.69, 9.17) is 0 Å². The fourth-order valence-corrected chi connectivity index (χ4v) is 9.01. The van der Waals surface area contributed by atoms with E-state index >= 15 is 0 Å². The summed E-state index contributed by atoms with van der Waals surface area (Å²) < 4.78 is 2.41.